The van der Waals surface area contributed by atoms with Crippen LogP contribution in [0.2, 0.25) is 0 Å². The lowest BCUT2D eigenvalue weighted by Gasteiger charge is -2.13. The Bertz CT molecular complexity index is 1150. The summed E-state index contributed by atoms with van der Waals surface area (Å²) in [5.41, 5.74) is 0.478. The van der Waals surface area contributed by atoms with E-state index in [1.807, 2.05) is 0 Å². The Morgan fingerprint density at radius 1 is 1.19 bits per heavy atom. The topological polar surface area (TPSA) is 124 Å². The Morgan fingerprint density at radius 2 is 1.91 bits per heavy atom. The van der Waals surface area contributed by atoms with Gasteiger partial charge in [-0.2, -0.15) is 0 Å². The minimum absolute atomic E-state index is 0.00429. The summed E-state index contributed by atoms with van der Waals surface area (Å²) in [5.74, 6) is -1.22. The second kappa shape index (κ2) is 9.57. The van der Waals surface area contributed by atoms with Gasteiger partial charge in [0.15, 0.2) is 11.5 Å². The first kappa shape index (κ1) is 23.5. The van der Waals surface area contributed by atoms with Gasteiger partial charge in [-0.15, -0.1) is 0 Å². The van der Waals surface area contributed by atoms with Crippen LogP contribution in [-0.4, -0.2) is 43.0 Å². The van der Waals surface area contributed by atoms with Crippen LogP contribution >= 0.6 is 31.9 Å². The van der Waals surface area contributed by atoms with Crippen LogP contribution < -0.4 is 14.8 Å². The highest BCUT2D eigenvalue weighted by molar-refractivity contribution is 9.13. The van der Waals surface area contributed by atoms with E-state index in [0.29, 0.717) is 14.5 Å². The van der Waals surface area contributed by atoms with Crippen molar-refractivity contribution >= 4 is 61.8 Å². The molecule has 3 rings (SSSR count). The third-order valence-electron chi connectivity index (χ3n) is 4.25. The quantitative estimate of drug-likeness (QED) is 0.241. The molecule has 1 aromatic heterocycles. The number of ether oxygens (including phenoxy) is 3. The van der Waals surface area contributed by atoms with Gasteiger partial charge in [-0.25, -0.2) is 9.59 Å². The molecule has 1 aromatic carbocycles. The zero-order chi connectivity index (χ0) is 23.6. The first-order valence-electron chi connectivity index (χ1n) is 8.92. The van der Waals surface area contributed by atoms with Crippen molar-refractivity contribution in [2.45, 2.75) is 13.5 Å². The summed E-state index contributed by atoms with van der Waals surface area (Å²) >= 11 is 6.72. The van der Waals surface area contributed by atoms with Gasteiger partial charge in [-0.1, -0.05) is 0 Å². The summed E-state index contributed by atoms with van der Waals surface area (Å²) in [5, 5.41) is 2.50. The highest BCUT2D eigenvalue weighted by atomic mass is 79.9. The van der Waals surface area contributed by atoms with Gasteiger partial charge in [0.2, 0.25) is 5.76 Å². The summed E-state index contributed by atoms with van der Waals surface area (Å²) in [6.45, 7) is 1.07. The molecule has 12 heteroatoms. The van der Waals surface area contributed by atoms with Crippen molar-refractivity contribution in [2.24, 2.45) is 0 Å². The van der Waals surface area contributed by atoms with E-state index in [0.717, 1.165) is 4.90 Å². The zero-order valence-electron chi connectivity index (χ0n) is 17.0. The molecule has 0 atom stereocenters. The lowest BCUT2D eigenvalue weighted by atomic mass is 10.1. The number of urea groups is 1. The molecule has 32 heavy (non-hydrogen) atoms. The van der Waals surface area contributed by atoms with Crippen LogP contribution in [0.15, 0.2) is 37.3 Å². The highest BCUT2D eigenvalue weighted by Gasteiger charge is 2.35. The number of imide groups is 1. The van der Waals surface area contributed by atoms with Crippen molar-refractivity contribution in [3.63, 3.8) is 0 Å². The van der Waals surface area contributed by atoms with Crippen molar-refractivity contribution in [2.75, 3.05) is 14.2 Å². The average molecular weight is 572 g/mol. The fourth-order valence-electron chi connectivity index (χ4n) is 2.80. The minimum atomic E-state index is -0.671. The summed E-state index contributed by atoms with van der Waals surface area (Å²) < 4.78 is 21.2. The van der Waals surface area contributed by atoms with Gasteiger partial charge < -0.3 is 23.9 Å². The van der Waals surface area contributed by atoms with Gasteiger partial charge in [-0.3, -0.25) is 14.5 Å². The van der Waals surface area contributed by atoms with Crippen LogP contribution in [0.1, 0.15) is 28.8 Å². The number of hydrogen-bond acceptors (Lipinski definition) is 8. The minimum Gasteiger partial charge on any atom is -0.493 e. The second-order valence-electron chi connectivity index (χ2n) is 6.36. The van der Waals surface area contributed by atoms with Crippen LogP contribution in [0.5, 0.6) is 11.5 Å². The van der Waals surface area contributed by atoms with Gasteiger partial charge in [0.05, 0.1) is 25.2 Å². The molecule has 0 radical (unpaired) electrons. The monoisotopic (exact) mass is 570 g/mol. The molecule has 1 aliphatic rings. The average Bonchev–Trinajstić information content (AvgIpc) is 3.33. The standard InChI is InChI=1S/C20H16Br2N2O8/c1-9(25)31-17-14(29-2)7-10(15(21)16(17)22)6-12-18(26)24(20(28)23-12)8-11-4-5-13(32-11)19(27)30-3/h4-7H,8H2,1-3H3,(H,23,28)/b12-6-. The Kier molecular flexibility index (Phi) is 7.04. The first-order valence-corrected chi connectivity index (χ1v) is 10.5. The normalized spacial score (nSPS) is 14.5. The third-order valence-corrected chi connectivity index (χ3v) is 6.39. The molecule has 1 N–H and O–H groups in total. The van der Waals surface area contributed by atoms with Crippen molar-refractivity contribution in [3.05, 3.63) is 49.9 Å². The number of carbonyl (C=O) groups excluding carboxylic acids is 4. The van der Waals surface area contributed by atoms with Gasteiger partial charge in [0, 0.05) is 11.4 Å². The van der Waals surface area contributed by atoms with Gasteiger partial charge in [0.1, 0.15) is 11.5 Å². The number of esters is 2. The maximum atomic E-state index is 12.8. The second-order valence-corrected chi connectivity index (χ2v) is 7.94. The molecule has 2 aromatic rings. The summed E-state index contributed by atoms with van der Waals surface area (Å²) in [7, 11) is 2.61. The van der Waals surface area contributed by atoms with E-state index in [4.69, 9.17) is 13.9 Å². The maximum absolute atomic E-state index is 12.8. The Balaban J connectivity index is 1.88. The SMILES string of the molecule is COC(=O)c1ccc(CN2C(=O)N/C(=C\c3cc(OC)c(OC(C)=O)c(Br)c3Br)C2=O)o1. The highest BCUT2D eigenvalue weighted by Crippen LogP contribution is 2.43. The molecule has 168 valence electrons. The van der Waals surface area contributed by atoms with Crippen molar-refractivity contribution in [1.29, 1.82) is 0 Å². The van der Waals surface area contributed by atoms with Crippen LogP contribution in [-0.2, 0) is 20.9 Å². The molecule has 0 bridgehead atoms. The Hall–Kier alpha value is -3.12. The number of benzene rings is 1. The number of furan rings is 1. The summed E-state index contributed by atoms with van der Waals surface area (Å²) in [4.78, 5) is 49.0. The van der Waals surface area contributed by atoms with Crippen molar-refractivity contribution in [3.8, 4) is 11.5 Å². The van der Waals surface area contributed by atoms with Crippen LogP contribution in [0.4, 0.5) is 4.79 Å². The maximum Gasteiger partial charge on any atom is 0.373 e. The van der Waals surface area contributed by atoms with Gasteiger partial charge in [0.25, 0.3) is 5.91 Å². The lowest BCUT2D eigenvalue weighted by molar-refractivity contribution is -0.132. The Morgan fingerprint density at radius 3 is 2.53 bits per heavy atom. The number of amides is 3. The number of carbonyl (C=O) groups is 4. The molecule has 0 aliphatic carbocycles. The van der Waals surface area contributed by atoms with Gasteiger partial charge in [-0.05, 0) is 61.7 Å². The number of methoxy groups -OCH3 is 2. The predicted molar refractivity (Wildman–Crippen MR) is 117 cm³/mol. The van der Waals surface area contributed by atoms with E-state index in [2.05, 4.69) is 41.9 Å². The predicted octanol–water partition coefficient (Wildman–Crippen LogP) is 3.62. The molecule has 1 aliphatic heterocycles. The van der Waals surface area contributed by atoms with E-state index in [1.54, 1.807) is 0 Å². The van der Waals surface area contributed by atoms with Crippen molar-refractivity contribution < 1.29 is 37.8 Å². The fourth-order valence-corrected chi connectivity index (χ4v) is 3.71. The molecule has 2 heterocycles. The largest absolute Gasteiger partial charge is 0.493 e. The first-order chi connectivity index (χ1) is 15.2. The molecule has 1 saturated heterocycles. The van der Waals surface area contributed by atoms with E-state index < -0.39 is 23.9 Å². The molecule has 0 spiro atoms. The van der Waals surface area contributed by atoms with E-state index >= 15 is 0 Å². The summed E-state index contributed by atoms with van der Waals surface area (Å²) in [6, 6.07) is 3.75. The van der Waals surface area contributed by atoms with E-state index in [9.17, 15) is 19.2 Å². The lowest BCUT2D eigenvalue weighted by Crippen LogP contribution is -2.30. The zero-order valence-corrected chi connectivity index (χ0v) is 20.2. The molecule has 10 nitrogen and oxygen atoms in total. The number of nitrogens with one attached hydrogen (secondary N) is 1. The van der Waals surface area contributed by atoms with Crippen molar-refractivity contribution in [1.82, 2.24) is 10.2 Å². The van der Waals surface area contributed by atoms with E-state index in [-0.39, 0.29) is 35.3 Å². The molecular weight excluding hydrogens is 556 g/mol. The fraction of sp³-hybridized carbons (Fsp3) is 0.200. The van der Waals surface area contributed by atoms with Crippen LogP contribution in [0.3, 0.4) is 0 Å². The smallest absolute Gasteiger partial charge is 0.373 e. The van der Waals surface area contributed by atoms with Crippen LogP contribution in [0.25, 0.3) is 6.08 Å². The molecule has 0 saturated carbocycles. The number of hydrogen-bond donors (Lipinski definition) is 1. The molecule has 3 amide bonds. The molecule has 1 fully saturated rings. The number of rotatable bonds is 6. The van der Waals surface area contributed by atoms with Crippen LogP contribution in [0, 0.1) is 0 Å². The van der Waals surface area contributed by atoms with Gasteiger partial charge >= 0.3 is 18.0 Å². The van der Waals surface area contributed by atoms with E-state index in [1.165, 1.54) is 45.4 Å². The molecule has 0 unspecified atom stereocenters. The molecular formula is C20H16Br2N2O8. The number of halogens is 2. The third kappa shape index (κ3) is 4.70. The number of nitrogens with zero attached hydrogens (tertiary/aromatic N) is 1. The summed E-state index contributed by atoms with van der Waals surface area (Å²) in [6.07, 6.45) is 1.44. The Labute approximate surface area is 198 Å².